The minimum Gasteiger partial charge on any atom is -0.345 e. The van der Waals surface area contributed by atoms with Crippen molar-refractivity contribution in [2.45, 2.75) is 18.6 Å². The van der Waals surface area contributed by atoms with Gasteiger partial charge in [0.25, 0.3) is 11.6 Å². The van der Waals surface area contributed by atoms with Crippen molar-refractivity contribution in [1.82, 2.24) is 20.1 Å². The van der Waals surface area contributed by atoms with Crippen molar-refractivity contribution < 1.29 is 14.5 Å². The van der Waals surface area contributed by atoms with E-state index in [9.17, 15) is 19.7 Å². The molecule has 1 aromatic heterocycles. The fraction of sp³-hybridized carbons (Fsp3) is 0.200. The number of benzene rings is 2. The largest absolute Gasteiger partial charge is 0.345 e. The molecule has 0 unspecified atom stereocenters. The van der Waals surface area contributed by atoms with Gasteiger partial charge in [0, 0.05) is 35.5 Å². The molecule has 32 heavy (non-hydrogen) atoms. The summed E-state index contributed by atoms with van der Waals surface area (Å²) in [6.07, 6.45) is 0. The molecule has 2 aromatic carbocycles. The van der Waals surface area contributed by atoms with Gasteiger partial charge in [0.2, 0.25) is 5.91 Å². The van der Waals surface area contributed by atoms with Crippen molar-refractivity contribution in [1.29, 1.82) is 0 Å². The van der Waals surface area contributed by atoms with E-state index in [-0.39, 0.29) is 29.5 Å². The minimum atomic E-state index is -0.562. The van der Waals surface area contributed by atoms with Crippen molar-refractivity contribution >= 4 is 46.6 Å². The maximum Gasteiger partial charge on any atom is 0.270 e. The number of amides is 2. The fourth-order valence-electron chi connectivity index (χ4n) is 2.73. The molecule has 3 aromatic rings. The van der Waals surface area contributed by atoms with Gasteiger partial charge in [-0.1, -0.05) is 29.4 Å². The van der Waals surface area contributed by atoms with E-state index in [0.717, 1.165) is 5.56 Å². The average Bonchev–Trinajstić information content (AvgIpc) is 3.12. The molecular formula is C20H19ClN6O4S. The van der Waals surface area contributed by atoms with Gasteiger partial charge in [-0.3, -0.25) is 19.7 Å². The number of hydrogen-bond donors (Lipinski definition) is 2. The zero-order valence-corrected chi connectivity index (χ0v) is 18.7. The Morgan fingerprint density at radius 1 is 1.22 bits per heavy atom. The lowest BCUT2D eigenvalue weighted by Gasteiger charge is -2.09. The number of thioether (sulfide) groups is 1. The molecule has 0 atom stereocenters. The number of carbonyl (C=O) groups is 2. The number of rotatable bonds is 8. The monoisotopic (exact) mass is 474 g/mol. The molecule has 0 fully saturated rings. The molecule has 12 heteroatoms. The smallest absolute Gasteiger partial charge is 0.270 e. The van der Waals surface area contributed by atoms with Crippen LogP contribution in [0.4, 0.5) is 11.4 Å². The summed E-state index contributed by atoms with van der Waals surface area (Å²) in [5.41, 5.74) is 1.55. The number of halogens is 1. The molecule has 0 saturated heterocycles. The van der Waals surface area contributed by atoms with E-state index < -0.39 is 10.8 Å². The van der Waals surface area contributed by atoms with Crippen molar-refractivity contribution in [3.05, 3.63) is 74.6 Å². The number of nitrogens with zero attached hydrogens (tertiary/aromatic N) is 4. The number of aromatic nitrogens is 3. The van der Waals surface area contributed by atoms with Crippen LogP contribution in [0.15, 0.2) is 47.6 Å². The SMILES string of the molecule is Cc1cc(Cl)ccc1NC(=O)CSc1nnc(CNC(=O)c2cccc([N+](=O)[O-])c2)n1C. The summed E-state index contributed by atoms with van der Waals surface area (Å²) in [4.78, 5) is 34.8. The highest BCUT2D eigenvalue weighted by Crippen LogP contribution is 2.21. The number of aryl methyl sites for hydroxylation is 1. The molecule has 3 rings (SSSR count). The van der Waals surface area contributed by atoms with E-state index in [1.165, 1.54) is 36.0 Å². The third-order valence-electron chi connectivity index (χ3n) is 4.45. The molecule has 0 bridgehead atoms. The molecule has 0 aliphatic rings. The lowest BCUT2D eigenvalue weighted by atomic mass is 10.2. The molecule has 1 heterocycles. The highest BCUT2D eigenvalue weighted by Gasteiger charge is 2.15. The standard InChI is InChI=1S/C20H19ClN6O4S/c1-12-8-14(21)6-7-16(12)23-18(28)11-32-20-25-24-17(26(20)2)10-22-19(29)13-4-3-5-15(9-13)27(30)31/h3-9H,10-11H2,1-2H3,(H,22,29)(H,23,28). The van der Waals surface area contributed by atoms with Crippen molar-refractivity contribution in [3.8, 4) is 0 Å². The van der Waals surface area contributed by atoms with Gasteiger partial charge in [-0.25, -0.2) is 0 Å². The van der Waals surface area contributed by atoms with Gasteiger partial charge in [0.15, 0.2) is 11.0 Å². The summed E-state index contributed by atoms with van der Waals surface area (Å²) in [6.45, 7) is 1.92. The van der Waals surface area contributed by atoms with E-state index >= 15 is 0 Å². The van der Waals surface area contributed by atoms with Crippen LogP contribution in [0.3, 0.4) is 0 Å². The van der Waals surface area contributed by atoms with Gasteiger partial charge < -0.3 is 15.2 Å². The third-order valence-corrected chi connectivity index (χ3v) is 5.70. The maximum absolute atomic E-state index is 12.3. The number of nitrogens with one attached hydrogen (secondary N) is 2. The van der Waals surface area contributed by atoms with Gasteiger partial charge in [0.05, 0.1) is 17.2 Å². The van der Waals surface area contributed by atoms with Gasteiger partial charge in [-0.15, -0.1) is 10.2 Å². The Morgan fingerprint density at radius 3 is 2.72 bits per heavy atom. The molecule has 166 valence electrons. The number of nitro benzene ring substituents is 1. The van der Waals surface area contributed by atoms with Crippen molar-refractivity contribution in [3.63, 3.8) is 0 Å². The molecule has 0 radical (unpaired) electrons. The lowest BCUT2D eigenvalue weighted by molar-refractivity contribution is -0.384. The highest BCUT2D eigenvalue weighted by atomic mass is 35.5. The second-order valence-corrected chi connectivity index (χ2v) is 8.12. The molecule has 10 nitrogen and oxygen atoms in total. The van der Waals surface area contributed by atoms with E-state index in [1.807, 2.05) is 6.92 Å². The lowest BCUT2D eigenvalue weighted by Crippen LogP contribution is -2.24. The first-order chi connectivity index (χ1) is 15.2. The average molecular weight is 475 g/mol. The van der Waals surface area contributed by atoms with Crippen LogP contribution in [0.2, 0.25) is 5.02 Å². The van der Waals surface area contributed by atoms with Crippen LogP contribution >= 0.6 is 23.4 Å². The Kier molecular flexibility index (Phi) is 7.44. The normalized spacial score (nSPS) is 10.6. The second-order valence-electron chi connectivity index (χ2n) is 6.74. The first-order valence-corrected chi connectivity index (χ1v) is 10.7. The molecule has 0 saturated carbocycles. The molecule has 2 amide bonds. The zero-order valence-electron chi connectivity index (χ0n) is 17.2. The first kappa shape index (κ1) is 23.2. The summed E-state index contributed by atoms with van der Waals surface area (Å²) in [5.74, 6) is -0.0820. The summed E-state index contributed by atoms with van der Waals surface area (Å²) in [5, 5.41) is 25.5. The number of hydrogen-bond acceptors (Lipinski definition) is 7. The van der Waals surface area contributed by atoms with Gasteiger partial charge >= 0.3 is 0 Å². The van der Waals surface area contributed by atoms with Crippen LogP contribution in [0.25, 0.3) is 0 Å². The summed E-state index contributed by atoms with van der Waals surface area (Å²) < 4.78 is 1.67. The van der Waals surface area contributed by atoms with E-state index in [0.29, 0.717) is 21.7 Å². The van der Waals surface area contributed by atoms with Crippen LogP contribution in [-0.4, -0.2) is 37.3 Å². The van der Waals surface area contributed by atoms with Gasteiger partial charge in [0.1, 0.15) is 0 Å². The maximum atomic E-state index is 12.3. The van der Waals surface area contributed by atoms with Crippen LogP contribution in [0.5, 0.6) is 0 Å². The van der Waals surface area contributed by atoms with Crippen molar-refractivity contribution in [2.24, 2.45) is 7.05 Å². The minimum absolute atomic E-state index is 0.0712. The van der Waals surface area contributed by atoms with E-state index in [2.05, 4.69) is 20.8 Å². The Hall–Kier alpha value is -3.44. The summed E-state index contributed by atoms with van der Waals surface area (Å²) in [7, 11) is 1.72. The molecule has 2 N–H and O–H groups in total. The molecule has 0 aliphatic heterocycles. The van der Waals surface area contributed by atoms with Gasteiger partial charge in [-0.05, 0) is 36.8 Å². The number of nitro groups is 1. The number of anilines is 1. The predicted octanol–water partition coefficient (Wildman–Crippen LogP) is 3.35. The Morgan fingerprint density at radius 2 is 2.00 bits per heavy atom. The molecular weight excluding hydrogens is 456 g/mol. The Labute approximate surface area is 192 Å². The quantitative estimate of drug-likeness (QED) is 0.290. The predicted molar refractivity (Wildman–Crippen MR) is 121 cm³/mol. The number of carbonyl (C=O) groups excluding carboxylic acids is 2. The van der Waals surface area contributed by atoms with E-state index in [1.54, 1.807) is 29.8 Å². The summed E-state index contributed by atoms with van der Waals surface area (Å²) in [6, 6.07) is 10.7. The van der Waals surface area contributed by atoms with Crippen molar-refractivity contribution in [2.75, 3.05) is 11.1 Å². The van der Waals surface area contributed by atoms with Crippen LogP contribution in [0, 0.1) is 17.0 Å². The van der Waals surface area contributed by atoms with Gasteiger partial charge in [-0.2, -0.15) is 0 Å². The Balaban J connectivity index is 1.54. The van der Waals surface area contributed by atoms with Crippen LogP contribution in [0.1, 0.15) is 21.7 Å². The zero-order chi connectivity index (χ0) is 23.3. The van der Waals surface area contributed by atoms with Crippen LogP contribution < -0.4 is 10.6 Å². The number of non-ortho nitro benzene ring substituents is 1. The second kappa shape index (κ2) is 10.2. The third kappa shape index (κ3) is 5.83. The van der Waals surface area contributed by atoms with E-state index in [4.69, 9.17) is 11.6 Å². The fourth-order valence-corrected chi connectivity index (χ4v) is 3.69. The Bertz CT molecular complexity index is 1180. The first-order valence-electron chi connectivity index (χ1n) is 9.34. The molecule has 0 aliphatic carbocycles. The topological polar surface area (TPSA) is 132 Å². The molecule has 0 spiro atoms. The summed E-state index contributed by atoms with van der Waals surface area (Å²) >= 11 is 7.13. The van der Waals surface area contributed by atoms with Crippen LogP contribution in [-0.2, 0) is 18.4 Å². The highest BCUT2D eigenvalue weighted by molar-refractivity contribution is 7.99.